The van der Waals surface area contributed by atoms with E-state index in [1.54, 1.807) is 12.5 Å². The molecule has 20 heavy (non-hydrogen) atoms. The Morgan fingerprint density at radius 3 is 3.05 bits per heavy atom. The van der Waals surface area contributed by atoms with Crippen molar-refractivity contribution in [3.05, 3.63) is 47.1 Å². The Kier molecular flexibility index (Phi) is 3.94. The highest BCUT2D eigenvalue weighted by atomic mass is 35.5. The third-order valence-electron chi connectivity index (χ3n) is 3.61. The van der Waals surface area contributed by atoms with Crippen LogP contribution in [0.2, 0.25) is 5.02 Å². The minimum atomic E-state index is -0.167. The Labute approximate surface area is 123 Å². The van der Waals surface area contributed by atoms with Crippen molar-refractivity contribution in [2.45, 2.75) is 19.4 Å². The van der Waals surface area contributed by atoms with Crippen molar-refractivity contribution in [1.29, 1.82) is 0 Å². The maximum Gasteiger partial charge on any atom is 0.235 e. The lowest BCUT2D eigenvalue weighted by molar-refractivity contribution is 0.113. The smallest absolute Gasteiger partial charge is 0.235 e. The van der Waals surface area contributed by atoms with Gasteiger partial charge in [-0.1, -0.05) is 11.6 Å². The summed E-state index contributed by atoms with van der Waals surface area (Å²) >= 11 is 5.98. The summed E-state index contributed by atoms with van der Waals surface area (Å²) in [4.78, 5) is 4.26. The molecule has 1 aromatic carbocycles. The minimum absolute atomic E-state index is 0.167. The highest BCUT2D eigenvalue weighted by molar-refractivity contribution is 6.30. The SMILES string of the molecule is Cc1cc(Cl)ccc1O[C@@H](c1ncco1)[C@H]1CCNC1. The lowest BCUT2D eigenvalue weighted by Gasteiger charge is -2.22. The molecule has 2 atom stereocenters. The summed E-state index contributed by atoms with van der Waals surface area (Å²) in [6, 6.07) is 5.63. The van der Waals surface area contributed by atoms with E-state index in [1.807, 2.05) is 25.1 Å². The summed E-state index contributed by atoms with van der Waals surface area (Å²) in [6.07, 6.45) is 4.13. The van der Waals surface area contributed by atoms with Gasteiger partial charge < -0.3 is 14.5 Å². The van der Waals surface area contributed by atoms with Crippen molar-refractivity contribution in [3.8, 4) is 5.75 Å². The molecule has 2 aromatic rings. The molecule has 1 fully saturated rings. The Hall–Kier alpha value is -1.52. The lowest BCUT2D eigenvalue weighted by Crippen LogP contribution is -2.22. The summed E-state index contributed by atoms with van der Waals surface area (Å²) < 4.78 is 11.6. The van der Waals surface area contributed by atoms with Gasteiger partial charge in [-0.3, -0.25) is 0 Å². The highest BCUT2D eigenvalue weighted by Gasteiger charge is 2.31. The fourth-order valence-electron chi connectivity index (χ4n) is 2.54. The number of ether oxygens (including phenoxy) is 1. The Balaban J connectivity index is 1.86. The van der Waals surface area contributed by atoms with Crippen LogP contribution in [0.25, 0.3) is 0 Å². The van der Waals surface area contributed by atoms with Gasteiger partial charge in [0.15, 0.2) is 6.10 Å². The zero-order valence-corrected chi connectivity index (χ0v) is 12.1. The van der Waals surface area contributed by atoms with Crippen molar-refractivity contribution >= 4 is 11.6 Å². The van der Waals surface area contributed by atoms with Crippen LogP contribution in [0.3, 0.4) is 0 Å². The normalized spacial score (nSPS) is 20.0. The van der Waals surface area contributed by atoms with Crippen LogP contribution in [0, 0.1) is 12.8 Å². The molecule has 0 radical (unpaired) electrons. The first-order chi connectivity index (χ1) is 9.74. The second-order valence-electron chi connectivity index (χ2n) is 5.07. The fraction of sp³-hybridized carbons (Fsp3) is 0.400. The molecule has 1 aliphatic heterocycles. The molecule has 0 aliphatic carbocycles. The first-order valence-electron chi connectivity index (χ1n) is 6.77. The molecule has 0 unspecified atom stereocenters. The average Bonchev–Trinajstić information content (AvgIpc) is 3.11. The molecule has 0 bridgehead atoms. The Bertz CT molecular complexity index is 565. The lowest BCUT2D eigenvalue weighted by atomic mass is 10.0. The number of oxazole rings is 1. The van der Waals surface area contributed by atoms with Crippen molar-refractivity contribution in [2.24, 2.45) is 5.92 Å². The van der Waals surface area contributed by atoms with E-state index in [4.69, 9.17) is 20.8 Å². The van der Waals surface area contributed by atoms with Gasteiger partial charge in [0.2, 0.25) is 5.89 Å². The van der Waals surface area contributed by atoms with E-state index < -0.39 is 0 Å². The first kappa shape index (κ1) is 13.5. The van der Waals surface area contributed by atoms with Gasteiger partial charge in [-0.05, 0) is 43.7 Å². The summed E-state index contributed by atoms with van der Waals surface area (Å²) in [6.45, 7) is 3.91. The van der Waals surface area contributed by atoms with E-state index in [9.17, 15) is 0 Å². The van der Waals surface area contributed by atoms with Crippen LogP contribution in [0.15, 0.2) is 35.1 Å². The number of nitrogens with one attached hydrogen (secondary N) is 1. The molecular formula is C15H17ClN2O2. The van der Waals surface area contributed by atoms with Crippen LogP contribution in [0.1, 0.15) is 24.0 Å². The van der Waals surface area contributed by atoms with Crippen molar-refractivity contribution in [2.75, 3.05) is 13.1 Å². The van der Waals surface area contributed by atoms with E-state index in [0.29, 0.717) is 16.8 Å². The van der Waals surface area contributed by atoms with Crippen LogP contribution in [-0.4, -0.2) is 18.1 Å². The van der Waals surface area contributed by atoms with Gasteiger partial charge in [-0.2, -0.15) is 0 Å². The number of hydrogen-bond donors (Lipinski definition) is 1. The molecule has 1 aliphatic rings. The molecule has 5 heteroatoms. The first-order valence-corrected chi connectivity index (χ1v) is 7.15. The maximum atomic E-state index is 6.17. The Morgan fingerprint density at radius 1 is 1.50 bits per heavy atom. The highest BCUT2D eigenvalue weighted by Crippen LogP contribution is 2.33. The predicted molar refractivity (Wildman–Crippen MR) is 77.0 cm³/mol. The number of rotatable bonds is 4. The van der Waals surface area contributed by atoms with Crippen LogP contribution >= 0.6 is 11.6 Å². The standard InChI is InChI=1S/C15H17ClN2O2/c1-10-8-12(16)2-3-13(10)20-14(11-4-5-17-9-11)15-18-6-7-19-15/h2-3,6-8,11,14,17H,4-5,9H2,1H3/t11-,14+/m0/s1. The van der Waals surface area contributed by atoms with Gasteiger partial charge in [0.05, 0.1) is 6.20 Å². The van der Waals surface area contributed by atoms with E-state index in [2.05, 4.69) is 10.3 Å². The molecule has 1 saturated heterocycles. The monoisotopic (exact) mass is 292 g/mol. The van der Waals surface area contributed by atoms with Crippen LogP contribution in [-0.2, 0) is 0 Å². The van der Waals surface area contributed by atoms with Crippen molar-refractivity contribution in [1.82, 2.24) is 10.3 Å². The molecule has 106 valence electrons. The van der Waals surface area contributed by atoms with Gasteiger partial charge >= 0.3 is 0 Å². The van der Waals surface area contributed by atoms with E-state index in [-0.39, 0.29) is 6.10 Å². The quantitative estimate of drug-likeness (QED) is 0.938. The maximum absolute atomic E-state index is 6.17. The van der Waals surface area contributed by atoms with Crippen LogP contribution in [0.5, 0.6) is 5.75 Å². The molecular weight excluding hydrogens is 276 g/mol. The van der Waals surface area contributed by atoms with Gasteiger partial charge in [0, 0.05) is 17.5 Å². The zero-order chi connectivity index (χ0) is 13.9. The molecule has 0 saturated carbocycles. The molecule has 1 N–H and O–H groups in total. The second-order valence-corrected chi connectivity index (χ2v) is 5.51. The average molecular weight is 293 g/mol. The minimum Gasteiger partial charge on any atom is -0.480 e. The predicted octanol–water partition coefficient (Wildman–Crippen LogP) is 3.37. The number of aryl methyl sites for hydroxylation is 1. The molecule has 4 nitrogen and oxygen atoms in total. The molecule has 3 rings (SSSR count). The van der Waals surface area contributed by atoms with Gasteiger partial charge in [-0.15, -0.1) is 0 Å². The summed E-state index contributed by atoms with van der Waals surface area (Å²) in [5.41, 5.74) is 1.01. The Morgan fingerprint density at radius 2 is 2.40 bits per heavy atom. The largest absolute Gasteiger partial charge is 0.480 e. The summed E-state index contributed by atoms with van der Waals surface area (Å²) in [5, 5.41) is 4.07. The van der Waals surface area contributed by atoms with Crippen molar-refractivity contribution < 1.29 is 9.15 Å². The van der Waals surface area contributed by atoms with E-state index in [1.165, 1.54) is 0 Å². The molecule has 2 heterocycles. The van der Waals surface area contributed by atoms with Gasteiger partial charge in [0.25, 0.3) is 0 Å². The topological polar surface area (TPSA) is 47.3 Å². The van der Waals surface area contributed by atoms with Gasteiger partial charge in [-0.25, -0.2) is 4.98 Å². The van der Waals surface area contributed by atoms with Crippen LogP contribution < -0.4 is 10.1 Å². The zero-order valence-electron chi connectivity index (χ0n) is 11.3. The number of benzene rings is 1. The van der Waals surface area contributed by atoms with Crippen LogP contribution in [0.4, 0.5) is 0 Å². The molecule has 0 spiro atoms. The third-order valence-corrected chi connectivity index (χ3v) is 3.85. The van der Waals surface area contributed by atoms with E-state index in [0.717, 1.165) is 30.8 Å². The summed E-state index contributed by atoms with van der Waals surface area (Å²) in [5.74, 6) is 1.82. The number of aromatic nitrogens is 1. The molecule has 0 amide bonds. The fourth-order valence-corrected chi connectivity index (χ4v) is 2.77. The summed E-state index contributed by atoms with van der Waals surface area (Å²) in [7, 11) is 0. The van der Waals surface area contributed by atoms with E-state index >= 15 is 0 Å². The second kappa shape index (κ2) is 5.85. The number of hydrogen-bond acceptors (Lipinski definition) is 4. The molecule has 1 aromatic heterocycles. The van der Waals surface area contributed by atoms with Gasteiger partial charge in [0.1, 0.15) is 12.0 Å². The number of nitrogens with zero attached hydrogens (tertiary/aromatic N) is 1. The third kappa shape index (κ3) is 2.81. The number of halogens is 1. The van der Waals surface area contributed by atoms with Crippen molar-refractivity contribution in [3.63, 3.8) is 0 Å².